The fourth-order valence-corrected chi connectivity index (χ4v) is 2.16. The van der Waals surface area contributed by atoms with E-state index in [9.17, 15) is 19.2 Å². The summed E-state index contributed by atoms with van der Waals surface area (Å²) < 4.78 is 4.35. The van der Waals surface area contributed by atoms with Gasteiger partial charge in [-0.1, -0.05) is 24.3 Å². The first kappa shape index (κ1) is 20.4. The van der Waals surface area contributed by atoms with Crippen LogP contribution in [0.2, 0.25) is 0 Å². The number of H-pyrrole nitrogens is 2. The lowest BCUT2D eigenvalue weighted by atomic mass is 10.1. The number of carbonyl (C=O) groups excluding carboxylic acids is 2. The van der Waals surface area contributed by atoms with Gasteiger partial charge in [0.15, 0.2) is 0 Å². The molecule has 0 atom stereocenters. The van der Waals surface area contributed by atoms with Gasteiger partial charge in [0, 0.05) is 0 Å². The van der Waals surface area contributed by atoms with E-state index in [-0.39, 0.29) is 16.6 Å². The number of hydrogen-bond acceptors (Lipinski definition) is 7. The van der Waals surface area contributed by atoms with Crippen LogP contribution in [-0.2, 0) is 4.74 Å². The number of aromatic amines is 2. The number of fused-ring (bicyclic) bond motifs is 2. The molecule has 0 saturated heterocycles. The Labute approximate surface area is 145 Å². The molecule has 10 nitrogen and oxygen atoms in total. The van der Waals surface area contributed by atoms with Gasteiger partial charge >= 0.3 is 11.9 Å². The number of esters is 2. The number of hydrogen-bond donors (Lipinski definition) is 4. The van der Waals surface area contributed by atoms with Gasteiger partial charge in [0.2, 0.25) is 0 Å². The van der Waals surface area contributed by atoms with Crippen molar-refractivity contribution in [1.82, 2.24) is 10.2 Å². The SMILES string of the molecule is NN.O.O=C1OC(=O)c2ccccc21.O=c1[nH][nH]c(=O)c2ccccc12. The van der Waals surface area contributed by atoms with Gasteiger partial charge in [-0.15, -0.1) is 0 Å². The molecular weight excluding hydrogens is 344 g/mol. The van der Waals surface area contributed by atoms with Crippen LogP contribution in [0.4, 0.5) is 0 Å². The van der Waals surface area contributed by atoms with Crippen molar-refractivity contribution < 1.29 is 19.8 Å². The van der Waals surface area contributed by atoms with Crippen molar-refractivity contribution in [2.24, 2.45) is 11.7 Å². The zero-order valence-corrected chi connectivity index (χ0v) is 13.3. The molecule has 3 aromatic rings. The Balaban J connectivity index is 0.000000230. The number of nitrogens with one attached hydrogen (secondary N) is 2. The maximum Gasteiger partial charge on any atom is 0.346 e. The Morgan fingerprint density at radius 3 is 1.38 bits per heavy atom. The summed E-state index contributed by atoms with van der Waals surface area (Å²) in [6.45, 7) is 0. The third kappa shape index (κ3) is 4.08. The van der Waals surface area contributed by atoms with Crippen molar-refractivity contribution >= 4 is 22.7 Å². The normalized spacial score (nSPS) is 11.2. The molecule has 10 heteroatoms. The number of rotatable bonds is 0. The van der Waals surface area contributed by atoms with Crippen LogP contribution in [0, 0.1) is 0 Å². The van der Waals surface area contributed by atoms with Gasteiger partial charge < -0.3 is 10.2 Å². The van der Waals surface area contributed by atoms with E-state index in [0.717, 1.165) is 0 Å². The zero-order valence-electron chi connectivity index (χ0n) is 13.3. The summed E-state index contributed by atoms with van der Waals surface area (Å²) in [7, 11) is 0. The van der Waals surface area contributed by atoms with E-state index in [1.165, 1.54) is 0 Å². The standard InChI is InChI=1S/C8H6N2O2.C8H4O3.H4N2.H2O/c11-7-5-3-1-2-4-6(5)8(12)10-9-7;9-7-5-3-1-2-4-6(5)8(10)11-7;1-2;/h1-4H,(H,9,11)(H,10,12);1-4H;1-2H2;1H2. The number of aromatic nitrogens is 2. The maximum absolute atomic E-state index is 11.1. The molecule has 2 heterocycles. The molecule has 1 aromatic heterocycles. The van der Waals surface area contributed by atoms with Crippen molar-refractivity contribution in [2.45, 2.75) is 0 Å². The number of benzene rings is 2. The van der Waals surface area contributed by atoms with Crippen molar-refractivity contribution in [3.8, 4) is 0 Å². The van der Waals surface area contributed by atoms with Gasteiger partial charge in [0.05, 0.1) is 21.9 Å². The summed E-state index contributed by atoms with van der Waals surface area (Å²) in [6, 6.07) is 13.2. The van der Waals surface area contributed by atoms with Gasteiger partial charge in [-0.05, 0) is 24.3 Å². The predicted molar refractivity (Wildman–Crippen MR) is 93.4 cm³/mol. The number of cyclic esters (lactones) is 2. The van der Waals surface area contributed by atoms with Gasteiger partial charge in [-0.25, -0.2) is 9.59 Å². The zero-order chi connectivity index (χ0) is 18.4. The lowest BCUT2D eigenvalue weighted by Crippen LogP contribution is -2.18. The summed E-state index contributed by atoms with van der Waals surface area (Å²) in [5, 5.41) is 5.33. The lowest BCUT2D eigenvalue weighted by molar-refractivity contribution is 0.0444. The first-order chi connectivity index (χ1) is 12.1. The van der Waals surface area contributed by atoms with E-state index in [0.29, 0.717) is 21.9 Å². The fraction of sp³-hybridized carbons (Fsp3) is 0. The number of carbonyl (C=O) groups is 2. The van der Waals surface area contributed by atoms with Gasteiger partial charge in [0.25, 0.3) is 11.1 Å². The second-order valence-corrected chi connectivity index (χ2v) is 4.68. The Morgan fingerprint density at radius 1 is 0.654 bits per heavy atom. The van der Waals surface area contributed by atoms with Crippen LogP contribution in [0.15, 0.2) is 58.1 Å². The molecule has 0 fully saturated rings. The van der Waals surface area contributed by atoms with E-state index in [2.05, 4.69) is 26.6 Å². The predicted octanol–water partition coefficient (Wildman–Crippen LogP) is -0.792. The van der Waals surface area contributed by atoms with Crippen LogP contribution in [-0.4, -0.2) is 27.6 Å². The maximum atomic E-state index is 11.1. The minimum absolute atomic E-state index is 0. The fourth-order valence-electron chi connectivity index (χ4n) is 2.16. The number of nitrogens with two attached hydrogens (primary N) is 2. The molecule has 1 aliphatic heterocycles. The van der Waals surface area contributed by atoms with Crippen molar-refractivity contribution in [1.29, 1.82) is 0 Å². The first-order valence-electron chi connectivity index (χ1n) is 6.96. The van der Waals surface area contributed by atoms with Gasteiger partial charge in [0.1, 0.15) is 0 Å². The van der Waals surface area contributed by atoms with Crippen molar-refractivity contribution in [3.63, 3.8) is 0 Å². The molecule has 2 aromatic carbocycles. The molecule has 26 heavy (non-hydrogen) atoms. The van der Waals surface area contributed by atoms with Crippen LogP contribution >= 0.6 is 0 Å². The molecular formula is C16H16N4O6. The minimum atomic E-state index is -0.550. The van der Waals surface area contributed by atoms with Gasteiger partial charge in [-0.2, -0.15) is 0 Å². The highest BCUT2D eigenvalue weighted by molar-refractivity contribution is 6.14. The van der Waals surface area contributed by atoms with E-state index in [1.807, 2.05) is 0 Å². The monoisotopic (exact) mass is 360 g/mol. The van der Waals surface area contributed by atoms with Crippen LogP contribution < -0.4 is 22.8 Å². The van der Waals surface area contributed by atoms with Crippen LogP contribution in [0.25, 0.3) is 10.8 Å². The Morgan fingerprint density at radius 2 is 1.00 bits per heavy atom. The molecule has 0 amide bonds. The first-order valence-corrected chi connectivity index (χ1v) is 6.96. The third-order valence-corrected chi connectivity index (χ3v) is 3.26. The Kier molecular flexibility index (Phi) is 7.10. The highest BCUT2D eigenvalue weighted by Crippen LogP contribution is 2.18. The van der Waals surface area contributed by atoms with Crippen LogP contribution in [0.5, 0.6) is 0 Å². The topological polar surface area (TPSA) is 193 Å². The molecule has 136 valence electrons. The number of ether oxygens (including phenoxy) is 1. The molecule has 0 saturated carbocycles. The molecule has 0 spiro atoms. The largest absolute Gasteiger partial charge is 0.412 e. The molecule has 0 radical (unpaired) electrons. The summed E-state index contributed by atoms with van der Waals surface area (Å²) in [6.07, 6.45) is 0. The third-order valence-electron chi connectivity index (χ3n) is 3.26. The van der Waals surface area contributed by atoms with Gasteiger partial charge in [-0.3, -0.25) is 31.5 Å². The lowest BCUT2D eigenvalue weighted by Gasteiger charge is -1.92. The van der Waals surface area contributed by atoms with Crippen LogP contribution in [0.3, 0.4) is 0 Å². The Hall–Kier alpha value is -3.60. The van der Waals surface area contributed by atoms with Crippen LogP contribution in [0.1, 0.15) is 20.7 Å². The van der Waals surface area contributed by atoms with E-state index in [1.54, 1.807) is 48.5 Å². The van der Waals surface area contributed by atoms with E-state index in [4.69, 9.17) is 0 Å². The van der Waals surface area contributed by atoms with Crippen molar-refractivity contribution in [2.75, 3.05) is 0 Å². The molecule has 8 N–H and O–H groups in total. The minimum Gasteiger partial charge on any atom is -0.412 e. The average Bonchev–Trinajstić information content (AvgIpc) is 2.95. The molecule has 0 bridgehead atoms. The second kappa shape index (κ2) is 9.03. The average molecular weight is 360 g/mol. The molecule has 4 rings (SSSR count). The molecule has 1 aliphatic rings. The van der Waals surface area contributed by atoms with E-state index < -0.39 is 11.9 Å². The van der Waals surface area contributed by atoms with E-state index >= 15 is 0 Å². The summed E-state index contributed by atoms with van der Waals surface area (Å²) in [4.78, 5) is 43.9. The summed E-state index contributed by atoms with van der Waals surface area (Å²) in [5.41, 5.74) is 0.172. The number of hydrazine groups is 1. The van der Waals surface area contributed by atoms with Crippen molar-refractivity contribution in [3.05, 3.63) is 80.4 Å². The summed E-state index contributed by atoms with van der Waals surface area (Å²) in [5.74, 6) is 6.90. The summed E-state index contributed by atoms with van der Waals surface area (Å²) >= 11 is 0. The quantitative estimate of drug-likeness (QED) is 0.174. The molecule has 0 aliphatic carbocycles. The highest BCUT2D eigenvalue weighted by atomic mass is 16.6. The highest BCUT2D eigenvalue weighted by Gasteiger charge is 2.28. The second-order valence-electron chi connectivity index (χ2n) is 4.68. The smallest absolute Gasteiger partial charge is 0.346 e. The Bertz CT molecular complexity index is 959. The molecule has 0 unspecified atom stereocenters.